The van der Waals surface area contributed by atoms with E-state index in [1.807, 2.05) is 23.9 Å². The molecule has 3 nitrogen and oxygen atoms in total. The average molecular weight is 278 g/mol. The van der Waals surface area contributed by atoms with Gasteiger partial charge in [-0.15, -0.1) is 0 Å². The summed E-state index contributed by atoms with van der Waals surface area (Å²) in [6.45, 7) is 5.07. The van der Waals surface area contributed by atoms with Gasteiger partial charge in [-0.05, 0) is 43.7 Å². The van der Waals surface area contributed by atoms with E-state index in [-0.39, 0.29) is 0 Å². The Hall–Kier alpha value is -1.32. The number of aromatic nitrogens is 2. The van der Waals surface area contributed by atoms with Gasteiger partial charge in [0.25, 0.3) is 0 Å². The summed E-state index contributed by atoms with van der Waals surface area (Å²) in [6.07, 6.45) is 1.90. The van der Waals surface area contributed by atoms with Crippen molar-refractivity contribution in [2.45, 2.75) is 33.2 Å². The van der Waals surface area contributed by atoms with Crippen LogP contribution in [0.2, 0.25) is 5.02 Å². The van der Waals surface area contributed by atoms with E-state index in [4.69, 9.17) is 11.6 Å². The molecular formula is C15H20ClN3. The molecule has 0 aliphatic heterocycles. The van der Waals surface area contributed by atoms with Crippen molar-refractivity contribution in [3.8, 4) is 5.69 Å². The maximum atomic E-state index is 6.14. The minimum atomic E-state index is 0.741. The third-order valence-electron chi connectivity index (χ3n) is 3.20. The van der Waals surface area contributed by atoms with E-state index in [2.05, 4.69) is 36.4 Å². The molecule has 1 heterocycles. The molecule has 0 saturated heterocycles. The molecule has 0 fully saturated rings. The topological polar surface area (TPSA) is 29.9 Å². The summed E-state index contributed by atoms with van der Waals surface area (Å²) in [7, 11) is 1.94. The lowest BCUT2D eigenvalue weighted by Gasteiger charge is -2.12. The molecule has 0 amide bonds. The predicted octanol–water partition coefficient (Wildman–Crippen LogP) is 3.37. The average Bonchev–Trinajstić information content (AvgIpc) is 2.84. The van der Waals surface area contributed by atoms with Crippen LogP contribution in [0, 0.1) is 0 Å². The molecule has 1 aromatic heterocycles. The molecule has 0 spiro atoms. The highest BCUT2D eigenvalue weighted by Crippen LogP contribution is 2.22. The molecule has 2 rings (SSSR count). The number of nitrogens with one attached hydrogen (secondary N) is 1. The van der Waals surface area contributed by atoms with E-state index in [0.29, 0.717) is 0 Å². The van der Waals surface area contributed by atoms with E-state index in [1.54, 1.807) is 0 Å². The van der Waals surface area contributed by atoms with E-state index in [9.17, 15) is 0 Å². The molecule has 0 unspecified atom stereocenters. The van der Waals surface area contributed by atoms with Crippen molar-refractivity contribution in [2.75, 3.05) is 7.05 Å². The molecule has 102 valence electrons. The van der Waals surface area contributed by atoms with Crippen LogP contribution >= 0.6 is 11.6 Å². The molecule has 0 aliphatic rings. The molecule has 2 aromatic rings. The van der Waals surface area contributed by atoms with Crippen LogP contribution < -0.4 is 5.32 Å². The Balaban J connectivity index is 2.56. The monoisotopic (exact) mass is 277 g/mol. The summed E-state index contributed by atoms with van der Waals surface area (Å²) in [5.41, 5.74) is 4.61. The van der Waals surface area contributed by atoms with Gasteiger partial charge in [-0.25, -0.2) is 4.68 Å². The molecule has 0 saturated carbocycles. The van der Waals surface area contributed by atoms with Crippen LogP contribution in [0.5, 0.6) is 0 Å². The van der Waals surface area contributed by atoms with Gasteiger partial charge in [0.1, 0.15) is 0 Å². The Morgan fingerprint density at radius 3 is 2.63 bits per heavy atom. The normalized spacial score (nSPS) is 10.9. The fourth-order valence-corrected chi connectivity index (χ4v) is 2.35. The first kappa shape index (κ1) is 14.1. The number of aryl methyl sites for hydroxylation is 2. The SMILES string of the molecule is CCc1cc(CC)n(-c2cc(Cl)ccc2CNC)n1. The van der Waals surface area contributed by atoms with Gasteiger partial charge in [0, 0.05) is 17.3 Å². The van der Waals surface area contributed by atoms with Gasteiger partial charge in [-0.3, -0.25) is 0 Å². The van der Waals surface area contributed by atoms with Crippen LogP contribution in [-0.4, -0.2) is 16.8 Å². The first-order chi connectivity index (χ1) is 9.19. The van der Waals surface area contributed by atoms with Crippen LogP contribution in [0.1, 0.15) is 30.8 Å². The lowest BCUT2D eigenvalue weighted by molar-refractivity contribution is 0.758. The predicted molar refractivity (Wildman–Crippen MR) is 80.1 cm³/mol. The van der Waals surface area contributed by atoms with Crippen molar-refractivity contribution in [1.29, 1.82) is 0 Å². The Bertz CT molecular complexity index is 561. The number of halogens is 1. The highest BCUT2D eigenvalue weighted by molar-refractivity contribution is 6.30. The van der Waals surface area contributed by atoms with Crippen molar-refractivity contribution in [2.24, 2.45) is 0 Å². The summed E-state index contributed by atoms with van der Waals surface area (Å²) in [6, 6.07) is 8.14. The van der Waals surface area contributed by atoms with Crippen molar-refractivity contribution in [3.05, 3.63) is 46.2 Å². The summed E-state index contributed by atoms with van der Waals surface area (Å²) in [5, 5.41) is 8.61. The standard InChI is InChI=1S/C15H20ClN3/c1-4-13-9-14(5-2)19(18-13)15-8-12(16)7-6-11(15)10-17-3/h6-9,17H,4-5,10H2,1-3H3. The summed E-state index contributed by atoms with van der Waals surface area (Å²) in [4.78, 5) is 0. The molecule has 4 heteroatoms. The molecule has 0 bridgehead atoms. The molecule has 0 atom stereocenters. The van der Waals surface area contributed by atoms with Gasteiger partial charge in [0.05, 0.1) is 11.4 Å². The van der Waals surface area contributed by atoms with Gasteiger partial charge < -0.3 is 5.32 Å². The summed E-state index contributed by atoms with van der Waals surface area (Å²) in [5.74, 6) is 0. The minimum Gasteiger partial charge on any atom is -0.316 e. The largest absolute Gasteiger partial charge is 0.316 e. The molecule has 19 heavy (non-hydrogen) atoms. The van der Waals surface area contributed by atoms with Gasteiger partial charge in [0.2, 0.25) is 0 Å². The second-order valence-corrected chi connectivity index (χ2v) is 4.99. The van der Waals surface area contributed by atoms with Crippen molar-refractivity contribution in [1.82, 2.24) is 15.1 Å². The molecular weight excluding hydrogens is 258 g/mol. The molecule has 0 aliphatic carbocycles. The molecule has 1 N–H and O–H groups in total. The maximum Gasteiger partial charge on any atom is 0.0708 e. The highest BCUT2D eigenvalue weighted by Gasteiger charge is 2.11. The van der Waals surface area contributed by atoms with E-state index < -0.39 is 0 Å². The van der Waals surface area contributed by atoms with E-state index >= 15 is 0 Å². The second kappa shape index (κ2) is 6.22. The third kappa shape index (κ3) is 2.99. The van der Waals surface area contributed by atoms with Crippen LogP contribution in [0.3, 0.4) is 0 Å². The Labute approximate surface area is 119 Å². The lowest BCUT2D eigenvalue weighted by atomic mass is 10.1. The molecule has 1 aromatic carbocycles. The van der Waals surface area contributed by atoms with Crippen LogP contribution in [0.15, 0.2) is 24.3 Å². The van der Waals surface area contributed by atoms with Crippen molar-refractivity contribution in [3.63, 3.8) is 0 Å². The second-order valence-electron chi connectivity index (χ2n) is 4.55. The zero-order valence-corrected chi connectivity index (χ0v) is 12.5. The van der Waals surface area contributed by atoms with Gasteiger partial charge in [-0.1, -0.05) is 31.5 Å². The highest BCUT2D eigenvalue weighted by atomic mass is 35.5. The summed E-state index contributed by atoms with van der Waals surface area (Å²) >= 11 is 6.14. The van der Waals surface area contributed by atoms with Crippen LogP contribution in [0.4, 0.5) is 0 Å². The first-order valence-electron chi connectivity index (χ1n) is 6.70. The van der Waals surface area contributed by atoms with Crippen LogP contribution in [-0.2, 0) is 19.4 Å². The zero-order valence-electron chi connectivity index (χ0n) is 11.7. The number of hydrogen-bond acceptors (Lipinski definition) is 2. The zero-order chi connectivity index (χ0) is 13.8. The number of benzene rings is 1. The first-order valence-corrected chi connectivity index (χ1v) is 7.08. The summed E-state index contributed by atoms with van der Waals surface area (Å²) < 4.78 is 2.03. The Kier molecular flexibility index (Phi) is 4.61. The van der Waals surface area contributed by atoms with Gasteiger partial charge >= 0.3 is 0 Å². The van der Waals surface area contributed by atoms with E-state index in [1.165, 1.54) is 11.3 Å². The van der Waals surface area contributed by atoms with Crippen molar-refractivity contribution < 1.29 is 0 Å². The fraction of sp³-hybridized carbons (Fsp3) is 0.400. The fourth-order valence-electron chi connectivity index (χ4n) is 2.18. The number of rotatable bonds is 5. The molecule has 0 radical (unpaired) electrons. The van der Waals surface area contributed by atoms with E-state index in [0.717, 1.165) is 35.8 Å². The lowest BCUT2D eigenvalue weighted by Crippen LogP contribution is -2.11. The Morgan fingerprint density at radius 2 is 2.00 bits per heavy atom. The Morgan fingerprint density at radius 1 is 1.21 bits per heavy atom. The van der Waals surface area contributed by atoms with Crippen molar-refractivity contribution >= 4 is 11.6 Å². The third-order valence-corrected chi connectivity index (χ3v) is 3.44. The maximum absolute atomic E-state index is 6.14. The smallest absolute Gasteiger partial charge is 0.0708 e. The quantitative estimate of drug-likeness (QED) is 0.908. The number of nitrogens with zero attached hydrogens (tertiary/aromatic N) is 2. The van der Waals surface area contributed by atoms with Gasteiger partial charge in [-0.2, -0.15) is 5.10 Å². The number of hydrogen-bond donors (Lipinski definition) is 1. The van der Waals surface area contributed by atoms with Gasteiger partial charge in [0.15, 0.2) is 0 Å². The minimum absolute atomic E-state index is 0.741. The van der Waals surface area contributed by atoms with Crippen LogP contribution in [0.25, 0.3) is 5.69 Å².